The van der Waals surface area contributed by atoms with Crippen LogP contribution in [-0.2, 0) is 0 Å². The summed E-state index contributed by atoms with van der Waals surface area (Å²) in [7, 11) is 0. The van der Waals surface area contributed by atoms with Crippen LogP contribution in [0.3, 0.4) is 0 Å². The second-order valence-corrected chi connectivity index (χ2v) is 4.92. The largest absolute Gasteiger partial charge is 0.268 e. The summed E-state index contributed by atoms with van der Waals surface area (Å²) < 4.78 is 0. The van der Waals surface area contributed by atoms with Crippen molar-refractivity contribution in [1.29, 1.82) is 0 Å². The normalized spacial score (nSPS) is 13.8. The van der Waals surface area contributed by atoms with Crippen LogP contribution in [0.2, 0.25) is 20.1 Å². The lowest BCUT2D eigenvalue weighted by atomic mass is 10.1. The van der Waals surface area contributed by atoms with Crippen LogP contribution in [0.15, 0.2) is 0 Å². The molecule has 0 saturated carbocycles. The number of rotatable bonds is 1. The number of halogens is 4. The van der Waals surface area contributed by atoms with Crippen molar-refractivity contribution in [2.24, 2.45) is 0 Å². The van der Waals surface area contributed by atoms with Gasteiger partial charge in [0.2, 0.25) is 0 Å². The number of terminal acetylenes is 1. The zero-order chi connectivity index (χ0) is 13.6. The molecule has 0 radical (unpaired) electrons. The SMILES string of the molecule is C#CCN1C(=O)c2c(Cl)c(Cl)c(Cl)c(Cl)c2C1=O. The van der Waals surface area contributed by atoms with Gasteiger partial charge < -0.3 is 0 Å². The molecule has 7 heteroatoms. The third-order valence-electron chi connectivity index (χ3n) is 2.43. The highest BCUT2D eigenvalue weighted by molar-refractivity contribution is 6.55. The van der Waals surface area contributed by atoms with Crippen LogP contribution >= 0.6 is 46.4 Å². The molecule has 0 atom stereocenters. The van der Waals surface area contributed by atoms with E-state index < -0.39 is 11.8 Å². The average molecular weight is 323 g/mol. The number of amides is 2. The first-order valence-corrected chi connectivity index (χ1v) is 6.08. The Labute approximate surface area is 123 Å². The molecule has 1 aromatic carbocycles. The highest BCUT2D eigenvalue weighted by Gasteiger charge is 2.41. The highest BCUT2D eigenvalue weighted by Crippen LogP contribution is 2.44. The highest BCUT2D eigenvalue weighted by atomic mass is 35.5. The van der Waals surface area contributed by atoms with Crippen molar-refractivity contribution in [1.82, 2.24) is 4.90 Å². The van der Waals surface area contributed by atoms with E-state index in [1.165, 1.54) is 0 Å². The molecule has 0 spiro atoms. The molecule has 3 nitrogen and oxygen atoms in total. The molecule has 0 bridgehead atoms. The van der Waals surface area contributed by atoms with Crippen molar-refractivity contribution in [3.63, 3.8) is 0 Å². The summed E-state index contributed by atoms with van der Waals surface area (Å²) in [6, 6.07) is 0. The van der Waals surface area contributed by atoms with Crippen molar-refractivity contribution < 1.29 is 9.59 Å². The zero-order valence-corrected chi connectivity index (χ0v) is 11.6. The first kappa shape index (κ1) is 13.5. The van der Waals surface area contributed by atoms with Gasteiger partial charge in [-0.1, -0.05) is 52.3 Å². The van der Waals surface area contributed by atoms with Crippen molar-refractivity contribution in [2.45, 2.75) is 0 Å². The van der Waals surface area contributed by atoms with Gasteiger partial charge in [-0.25, -0.2) is 0 Å². The lowest BCUT2D eigenvalue weighted by molar-refractivity contribution is 0.0675. The first-order chi connectivity index (χ1) is 8.41. The maximum atomic E-state index is 12.0. The molecule has 0 N–H and O–H groups in total. The third-order valence-corrected chi connectivity index (χ3v) is 4.24. The van der Waals surface area contributed by atoms with Crippen molar-refractivity contribution in [3.05, 3.63) is 31.2 Å². The summed E-state index contributed by atoms with van der Waals surface area (Å²) in [6.07, 6.45) is 5.09. The van der Waals surface area contributed by atoms with E-state index in [1.807, 2.05) is 0 Å². The quantitative estimate of drug-likeness (QED) is 0.343. The van der Waals surface area contributed by atoms with Crippen LogP contribution in [0.25, 0.3) is 0 Å². The van der Waals surface area contributed by atoms with Gasteiger partial charge in [0.15, 0.2) is 0 Å². The Morgan fingerprint density at radius 2 is 1.28 bits per heavy atom. The lowest BCUT2D eigenvalue weighted by Crippen LogP contribution is -2.30. The van der Waals surface area contributed by atoms with E-state index in [2.05, 4.69) is 5.92 Å². The maximum Gasteiger partial charge on any atom is 0.264 e. The summed E-state index contributed by atoms with van der Waals surface area (Å²) in [5, 5.41) is -0.325. The van der Waals surface area contributed by atoms with Gasteiger partial charge in [-0.3, -0.25) is 14.5 Å². The van der Waals surface area contributed by atoms with E-state index in [1.54, 1.807) is 0 Å². The number of carbonyl (C=O) groups is 2. The lowest BCUT2D eigenvalue weighted by Gasteiger charge is -2.08. The average Bonchev–Trinajstić information content (AvgIpc) is 2.59. The van der Waals surface area contributed by atoms with Crippen molar-refractivity contribution in [3.8, 4) is 12.3 Å². The molecule has 1 aliphatic heterocycles. The zero-order valence-electron chi connectivity index (χ0n) is 8.56. The predicted molar refractivity (Wildman–Crippen MR) is 70.7 cm³/mol. The Hall–Kier alpha value is -0.920. The number of carbonyl (C=O) groups excluding carboxylic acids is 2. The molecular weight excluding hydrogens is 320 g/mol. The standard InChI is InChI=1S/C11H3Cl4NO2/c1-2-3-16-10(17)4-5(11(16)18)7(13)9(15)8(14)6(4)12/h1H,3H2. The Kier molecular flexibility index (Phi) is 3.48. The topological polar surface area (TPSA) is 37.4 Å². The number of nitrogens with zero attached hydrogens (tertiary/aromatic N) is 1. The molecule has 0 unspecified atom stereocenters. The number of hydrogen-bond acceptors (Lipinski definition) is 2. The Bertz CT molecular complexity index is 586. The Morgan fingerprint density at radius 3 is 1.61 bits per heavy atom. The van der Waals surface area contributed by atoms with Gasteiger partial charge in [-0.2, -0.15) is 0 Å². The molecule has 0 saturated heterocycles. The molecule has 1 heterocycles. The van der Waals surface area contributed by atoms with Crippen LogP contribution in [0, 0.1) is 12.3 Å². The van der Waals surface area contributed by atoms with Gasteiger partial charge in [0.1, 0.15) is 0 Å². The predicted octanol–water partition coefficient (Wildman–Crippen LogP) is 3.53. The van der Waals surface area contributed by atoms with Crippen molar-refractivity contribution in [2.75, 3.05) is 6.54 Å². The molecule has 92 valence electrons. The molecule has 1 aliphatic rings. The monoisotopic (exact) mass is 321 g/mol. The second kappa shape index (κ2) is 4.64. The Balaban J connectivity index is 2.77. The molecule has 1 aromatic rings. The van der Waals surface area contributed by atoms with E-state index in [4.69, 9.17) is 52.8 Å². The third kappa shape index (κ3) is 1.69. The van der Waals surface area contributed by atoms with Crippen LogP contribution in [0.4, 0.5) is 0 Å². The molecule has 0 aromatic heterocycles. The van der Waals surface area contributed by atoms with Crippen LogP contribution in [0.1, 0.15) is 20.7 Å². The molecule has 0 fully saturated rings. The first-order valence-electron chi connectivity index (χ1n) is 4.57. The smallest absolute Gasteiger partial charge is 0.264 e. The molecular formula is C11H3Cl4NO2. The number of benzene rings is 1. The molecule has 2 rings (SSSR count). The van der Waals surface area contributed by atoms with Crippen molar-refractivity contribution >= 4 is 58.2 Å². The summed E-state index contributed by atoms with van der Waals surface area (Å²) in [5.41, 5.74) is -0.118. The van der Waals surface area contributed by atoms with Gasteiger partial charge in [0.05, 0.1) is 37.8 Å². The molecule has 18 heavy (non-hydrogen) atoms. The minimum Gasteiger partial charge on any atom is -0.268 e. The van der Waals surface area contributed by atoms with E-state index in [9.17, 15) is 9.59 Å². The minimum atomic E-state index is -0.626. The Morgan fingerprint density at radius 1 is 0.889 bits per heavy atom. The summed E-state index contributed by atoms with van der Waals surface area (Å²) in [5.74, 6) is 0.953. The van der Waals surface area contributed by atoms with E-state index in [0.29, 0.717) is 0 Å². The van der Waals surface area contributed by atoms with Gasteiger partial charge in [-0.05, 0) is 0 Å². The van der Waals surface area contributed by atoms with Gasteiger partial charge in [-0.15, -0.1) is 6.42 Å². The summed E-state index contributed by atoms with van der Waals surface area (Å²) in [6.45, 7) is -0.172. The van der Waals surface area contributed by atoms with E-state index in [-0.39, 0.29) is 37.8 Å². The van der Waals surface area contributed by atoms with Gasteiger partial charge >= 0.3 is 0 Å². The number of fused-ring (bicyclic) bond motifs is 1. The van der Waals surface area contributed by atoms with Crippen LogP contribution in [0.5, 0.6) is 0 Å². The van der Waals surface area contributed by atoms with Gasteiger partial charge in [0, 0.05) is 0 Å². The van der Waals surface area contributed by atoms with E-state index >= 15 is 0 Å². The second-order valence-electron chi connectivity index (χ2n) is 3.41. The summed E-state index contributed by atoms with van der Waals surface area (Å²) in [4.78, 5) is 24.9. The summed E-state index contributed by atoms with van der Waals surface area (Å²) >= 11 is 23.5. The van der Waals surface area contributed by atoms with E-state index in [0.717, 1.165) is 4.90 Å². The molecule has 2 amide bonds. The van der Waals surface area contributed by atoms with Crippen LogP contribution in [-0.4, -0.2) is 23.3 Å². The fourth-order valence-corrected chi connectivity index (χ4v) is 2.64. The fourth-order valence-electron chi connectivity index (χ4n) is 1.63. The fraction of sp³-hybridized carbons (Fsp3) is 0.0909. The molecule has 0 aliphatic carbocycles. The van der Waals surface area contributed by atoms with Gasteiger partial charge in [0.25, 0.3) is 11.8 Å². The van der Waals surface area contributed by atoms with Crippen LogP contribution < -0.4 is 0 Å². The number of imide groups is 1. The minimum absolute atomic E-state index is 0.0590. The number of hydrogen-bond donors (Lipinski definition) is 0. The maximum absolute atomic E-state index is 12.0.